The summed E-state index contributed by atoms with van der Waals surface area (Å²) in [7, 11) is 0. The lowest BCUT2D eigenvalue weighted by Gasteiger charge is -2.27. The fourth-order valence-electron chi connectivity index (χ4n) is 3.45. The van der Waals surface area contributed by atoms with Gasteiger partial charge >= 0.3 is 0 Å². The zero-order valence-corrected chi connectivity index (χ0v) is 15.9. The Morgan fingerprint density at radius 2 is 1.79 bits per heavy atom. The molecule has 2 heterocycles. The van der Waals surface area contributed by atoms with Gasteiger partial charge in [0.05, 0.1) is 6.20 Å². The van der Waals surface area contributed by atoms with Crippen molar-refractivity contribution in [3.05, 3.63) is 76.7 Å². The third-order valence-corrected chi connectivity index (χ3v) is 4.95. The van der Waals surface area contributed by atoms with Gasteiger partial charge in [-0.05, 0) is 25.5 Å². The van der Waals surface area contributed by atoms with E-state index in [1.165, 1.54) is 4.68 Å². The highest BCUT2D eigenvalue weighted by atomic mass is 16.2. The van der Waals surface area contributed by atoms with Gasteiger partial charge in [0, 0.05) is 28.9 Å². The van der Waals surface area contributed by atoms with Gasteiger partial charge in [-0.1, -0.05) is 48.5 Å². The quantitative estimate of drug-likeness (QED) is 0.583. The number of aromatic nitrogens is 3. The van der Waals surface area contributed by atoms with Crippen LogP contribution in [0.2, 0.25) is 0 Å². The minimum atomic E-state index is -0.287. The number of carbonyl (C=O) groups is 1. The molecule has 4 rings (SSSR count). The highest BCUT2D eigenvalue weighted by molar-refractivity contribution is 6.06. The summed E-state index contributed by atoms with van der Waals surface area (Å²) in [4.78, 5) is 30.7. The van der Waals surface area contributed by atoms with Crippen molar-refractivity contribution in [2.24, 2.45) is 0 Å². The number of rotatable bonds is 5. The second-order valence-corrected chi connectivity index (χ2v) is 7.17. The molecule has 0 fully saturated rings. The number of fused-ring (bicyclic) bond motifs is 3. The Labute approximate surface area is 162 Å². The monoisotopic (exact) mass is 374 g/mol. The normalized spacial score (nSPS) is 11.4. The number of hydrogen-bond donors (Lipinski definition) is 1. The van der Waals surface area contributed by atoms with E-state index in [1.807, 2.05) is 68.4 Å². The standard InChI is InChI=1S/C22H22N4O2/c1-15(2)25(13-16-8-4-3-5-9-16)20(27)14-26-22(28)21-18(12-23-26)17-10-6-7-11-19(17)24-21/h3-12,15,24H,13-14H2,1-2H3. The van der Waals surface area contributed by atoms with Gasteiger partial charge in [0.1, 0.15) is 12.1 Å². The molecule has 4 aromatic rings. The highest BCUT2D eigenvalue weighted by Gasteiger charge is 2.20. The van der Waals surface area contributed by atoms with Crippen LogP contribution in [0.5, 0.6) is 0 Å². The summed E-state index contributed by atoms with van der Waals surface area (Å²) in [6, 6.07) is 17.6. The van der Waals surface area contributed by atoms with Crippen LogP contribution in [-0.4, -0.2) is 31.6 Å². The van der Waals surface area contributed by atoms with Crippen LogP contribution >= 0.6 is 0 Å². The Kier molecular flexibility index (Phi) is 4.69. The summed E-state index contributed by atoms with van der Waals surface area (Å²) in [6.07, 6.45) is 1.65. The van der Waals surface area contributed by atoms with Crippen LogP contribution in [0.1, 0.15) is 19.4 Å². The number of carbonyl (C=O) groups excluding carboxylic acids is 1. The second kappa shape index (κ2) is 7.31. The van der Waals surface area contributed by atoms with Crippen LogP contribution in [0.25, 0.3) is 21.8 Å². The summed E-state index contributed by atoms with van der Waals surface area (Å²) in [5.41, 5.74) is 2.12. The van der Waals surface area contributed by atoms with Crippen molar-refractivity contribution in [2.75, 3.05) is 0 Å². The van der Waals surface area contributed by atoms with Crippen molar-refractivity contribution in [3.63, 3.8) is 0 Å². The molecule has 0 radical (unpaired) electrons. The molecule has 6 heteroatoms. The maximum atomic E-state index is 12.9. The van der Waals surface area contributed by atoms with Crippen molar-refractivity contribution in [2.45, 2.75) is 33.0 Å². The maximum Gasteiger partial charge on any atom is 0.291 e. The van der Waals surface area contributed by atoms with Gasteiger partial charge in [0.25, 0.3) is 5.56 Å². The molecule has 6 nitrogen and oxygen atoms in total. The van der Waals surface area contributed by atoms with Gasteiger partial charge in [-0.2, -0.15) is 5.10 Å². The third kappa shape index (κ3) is 3.29. The molecule has 2 aromatic heterocycles. The Bertz CT molecular complexity index is 1190. The van der Waals surface area contributed by atoms with Crippen LogP contribution in [0.4, 0.5) is 0 Å². The van der Waals surface area contributed by atoms with Gasteiger partial charge in [-0.15, -0.1) is 0 Å². The molecule has 0 spiro atoms. The maximum absolute atomic E-state index is 12.9. The van der Waals surface area contributed by atoms with Crippen LogP contribution in [-0.2, 0) is 17.9 Å². The van der Waals surface area contributed by atoms with E-state index < -0.39 is 0 Å². The van der Waals surface area contributed by atoms with Gasteiger partial charge in [0.15, 0.2) is 0 Å². The van der Waals surface area contributed by atoms with Crippen LogP contribution in [0.3, 0.4) is 0 Å². The number of benzene rings is 2. The van der Waals surface area contributed by atoms with E-state index in [2.05, 4.69) is 10.1 Å². The number of para-hydroxylation sites is 1. The van der Waals surface area contributed by atoms with Crippen LogP contribution in [0, 0.1) is 0 Å². The van der Waals surface area contributed by atoms with Gasteiger partial charge in [-0.25, -0.2) is 4.68 Å². The van der Waals surface area contributed by atoms with E-state index in [1.54, 1.807) is 11.1 Å². The van der Waals surface area contributed by atoms with Gasteiger partial charge in [0.2, 0.25) is 5.91 Å². The van der Waals surface area contributed by atoms with E-state index >= 15 is 0 Å². The number of nitrogens with zero attached hydrogens (tertiary/aromatic N) is 3. The van der Waals surface area contributed by atoms with Crippen molar-refractivity contribution < 1.29 is 4.79 Å². The van der Waals surface area contributed by atoms with E-state index in [-0.39, 0.29) is 24.1 Å². The first-order chi connectivity index (χ1) is 13.5. The molecule has 0 saturated heterocycles. The average Bonchev–Trinajstić information content (AvgIpc) is 3.08. The highest BCUT2D eigenvalue weighted by Crippen LogP contribution is 2.21. The summed E-state index contributed by atoms with van der Waals surface area (Å²) in [5.74, 6) is -0.135. The minimum Gasteiger partial charge on any atom is -0.350 e. The molecule has 0 bridgehead atoms. The molecule has 0 aliphatic heterocycles. The number of H-pyrrole nitrogens is 1. The Morgan fingerprint density at radius 3 is 2.54 bits per heavy atom. The van der Waals surface area contributed by atoms with E-state index in [9.17, 15) is 9.59 Å². The first kappa shape index (κ1) is 18.0. The molecule has 1 N–H and O–H groups in total. The first-order valence-electron chi connectivity index (χ1n) is 9.34. The molecular weight excluding hydrogens is 352 g/mol. The predicted molar refractivity (Wildman–Crippen MR) is 110 cm³/mol. The number of amides is 1. The SMILES string of the molecule is CC(C)N(Cc1ccccc1)C(=O)Cn1ncc2c([nH]c3ccccc32)c1=O. The fraction of sp³-hybridized carbons (Fsp3) is 0.227. The van der Waals surface area contributed by atoms with Crippen molar-refractivity contribution in [1.29, 1.82) is 0 Å². The van der Waals surface area contributed by atoms with Crippen LogP contribution in [0.15, 0.2) is 65.6 Å². The van der Waals surface area contributed by atoms with Gasteiger partial charge < -0.3 is 9.88 Å². The largest absolute Gasteiger partial charge is 0.350 e. The molecule has 0 atom stereocenters. The van der Waals surface area contributed by atoms with Crippen molar-refractivity contribution >= 4 is 27.7 Å². The Hall–Kier alpha value is -3.41. The summed E-state index contributed by atoms with van der Waals surface area (Å²) < 4.78 is 1.24. The summed E-state index contributed by atoms with van der Waals surface area (Å²) in [5, 5.41) is 5.98. The first-order valence-corrected chi connectivity index (χ1v) is 9.34. The molecular formula is C22H22N4O2. The van der Waals surface area contributed by atoms with E-state index in [0.717, 1.165) is 21.9 Å². The molecule has 2 aromatic carbocycles. The predicted octanol–water partition coefficient (Wildman–Crippen LogP) is 3.32. The molecule has 1 amide bonds. The van der Waals surface area contributed by atoms with Crippen molar-refractivity contribution in [3.8, 4) is 0 Å². The average molecular weight is 374 g/mol. The summed E-state index contributed by atoms with van der Waals surface area (Å²) in [6.45, 7) is 4.35. The molecule has 0 saturated carbocycles. The van der Waals surface area contributed by atoms with E-state index in [0.29, 0.717) is 12.1 Å². The Balaban J connectivity index is 1.64. The lowest BCUT2D eigenvalue weighted by Crippen LogP contribution is -2.40. The number of hydrogen-bond acceptors (Lipinski definition) is 3. The van der Waals surface area contributed by atoms with Crippen LogP contribution < -0.4 is 5.56 Å². The summed E-state index contributed by atoms with van der Waals surface area (Å²) >= 11 is 0. The smallest absolute Gasteiger partial charge is 0.291 e. The molecule has 0 aliphatic rings. The topological polar surface area (TPSA) is 71.0 Å². The molecule has 0 unspecified atom stereocenters. The number of aromatic amines is 1. The zero-order valence-electron chi connectivity index (χ0n) is 15.9. The second-order valence-electron chi connectivity index (χ2n) is 7.17. The molecule has 142 valence electrons. The minimum absolute atomic E-state index is 0.0141. The van der Waals surface area contributed by atoms with Gasteiger partial charge in [-0.3, -0.25) is 9.59 Å². The van der Waals surface area contributed by atoms with Crippen molar-refractivity contribution in [1.82, 2.24) is 19.7 Å². The lowest BCUT2D eigenvalue weighted by molar-refractivity contribution is -0.134. The third-order valence-electron chi connectivity index (χ3n) is 4.95. The molecule has 28 heavy (non-hydrogen) atoms. The molecule has 0 aliphatic carbocycles. The Morgan fingerprint density at radius 1 is 1.07 bits per heavy atom. The lowest BCUT2D eigenvalue weighted by atomic mass is 10.2. The van der Waals surface area contributed by atoms with E-state index in [4.69, 9.17) is 0 Å². The fourth-order valence-corrected chi connectivity index (χ4v) is 3.45. The number of nitrogens with one attached hydrogen (secondary N) is 1. The zero-order chi connectivity index (χ0) is 19.7.